The zero-order valence-corrected chi connectivity index (χ0v) is 8.15. The molecule has 78 valence electrons. The fraction of sp³-hybridized carbons (Fsp3) is 0.429. The monoisotopic (exact) mass is 218 g/mol. The van der Waals surface area contributed by atoms with E-state index in [9.17, 15) is 9.90 Å². The van der Waals surface area contributed by atoms with Gasteiger partial charge in [0.15, 0.2) is 11.2 Å². The number of carboxylic acids is 1. The molecular formula is C7H10N2O4S. The third kappa shape index (κ3) is 2.00. The maximum Gasteiger partial charge on any atom is 0.335 e. The van der Waals surface area contributed by atoms with Gasteiger partial charge in [-0.3, -0.25) is 0 Å². The average Bonchev–Trinajstić information content (AvgIpc) is 2.42. The Bertz CT molecular complexity index is 351. The Kier molecular flexibility index (Phi) is 3.04. The number of nitrogen functional groups attached to an aromatic ring is 1. The summed E-state index contributed by atoms with van der Waals surface area (Å²) in [7, 11) is 0. The summed E-state index contributed by atoms with van der Waals surface area (Å²) in [6.45, 7) is 1.58. The van der Waals surface area contributed by atoms with E-state index in [2.05, 4.69) is 4.98 Å². The number of aliphatic carboxylic acids is 1. The van der Waals surface area contributed by atoms with Gasteiger partial charge in [0, 0.05) is 0 Å². The van der Waals surface area contributed by atoms with E-state index in [4.69, 9.17) is 15.9 Å². The number of carboxylic acid groups (broad SMARTS) is 1. The van der Waals surface area contributed by atoms with Gasteiger partial charge in [-0.25, -0.2) is 9.78 Å². The molecule has 7 heteroatoms. The van der Waals surface area contributed by atoms with E-state index in [1.54, 1.807) is 6.92 Å². The minimum Gasteiger partial charge on any atom is -0.479 e. The predicted octanol–water partition coefficient (Wildman–Crippen LogP) is -0.487. The van der Waals surface area contributed by atoms with Gasteiger partial charge in [0.25, 0.3) is 0 Å². The van der Waals surface area contributed by atoms with Crippen LogP contribution in [0.1, 0.15) is 16.7 Å². The highest BCUT2D eigenvalue weighted by Gasteiger charge is 2.28. The molecule has 1 aromatic rings. The number of aromatic nitrogens is 1. The molecule has 2 atom stereocenters. The third-order valence-corrected chi connectivity index (χ3v) is 2.73. The van der Waals surface area contributed by atoms with Crippen molar-refractivity contribution in [2.75, 3.05) is 5.73 Å². The van der Waals surface area contributed by atoms with Crippen LogP contribution in [0.15, 0.2) is 0 Å². The molecule has 0 radical (unpaired) electrons. The first kappa shape index (κ1) is 10.9. The summed E-state index contributed by atoms with van der Waals surface area (Å²) in [6, 6.07) is 0. The van der Waals surface area contributed by atoms with Crippen molar-refractivity contribution in [3.63, 3.8) is 0 Å². The molecule has 6 nitrogen and oxygen atoms in total. The SMILES string of the molecule is Cc1nc(N)sc1C(O)C(O)C(=O)O. The first-order chi connectivity index (χ1) is 6.43. The zero-order chi connectivity index (χ0) is 10.9. The van der Waals surface area contributed by atoms with Crippen molar-refractivity contribution >= 4 is 22.4 Å². The summed E-state index contributed by atoms with van der Waals surface area (Å²) < 4.78 is 0. The molecule has 0 fully saturated rings. The van der Waals surface area contributed by atoms with Crippen LogP contribution in [-0.2, 0) is 4.79 Å². The maximum atomic E-state index is 10.4. The molecule has 14 heavy (non-hydrogen) atoms. The molecule has 0 saturated heterocycles. The standard InChI is InChI=1S/C7H10N2O4S/c1-2-5(14-7(8)9-2)3(10)4(11)6(12)13/h3-4,10-11H,1H3,(H2,8,9)(H,12,13). The van der Waals surface area contributed by atoms with E-state index in [-0.39, 0.29) is 10.0 Å². The second kappa shape index (κ2) is 3.91. The smallest absolute Gasteiger partial charge is 0.335 e. The van der Waals surface area contributed by atoms with Gasteiger partial charge in [-0.15, -0.1) is 0 Å². The molecule has 0 amide bonds. The zero-order valence-electron chi connectivity index (χ0n) is 7.34. The number of nitrogens with zero attached hydrogens (tertiary/aromatic N) is 1. The van der Waals surface area contributed by atoms with E-state index >= 15 is 0 Å². The van der Waals surface area contributed by atoms with Crippen molar-refractivity contribution in [2.45, 2.75) is 19.1 Å². The van der Waals surface area contributed by atoms with Crippen LogP contribution in [-0.4, -0.2) is 32.4 Å². The normalized spacial score (nSPS) is 15.1. The van der Waals surface area contributed by atoms with Gasteiger partial charge in [0.1, 0.15) is 6.10 Å². The van der Waals surface area contributed by atoms with E-state index < -0.39 is 18.2 Å². The molecule has 0 aliphatic heterocycles. The molecule has 1 heterocycles. The Labute approximate surface area is 83.6 Å². The number of carbonyl (C=O) groups is 1. The lowest BCUT2D eigenvalue weighted by Gasteiger charge is -2.12. The highest BCUT2D eigenvalue weighted by Crippen LogP contribution is 2.28. The van der Waals surface area contributed by atoms with Crippen LogP contribution in [0.25, 0.3) is 0 Å². The summed E-state index contributed by atoms with van der Waals surface area (Å²) in [6.07, 6.45) is -3.34. The first-order valence-corrected chi connectivity index (χ1v) is 4.57. The van der Waals surface area contributed by atoms with Gasteiger partial charge in [0.2, 0.25) is 0 Å². The van der Waals surface area contributed by atoms with Crippen LogP contribution >= 0.6 is 11.3 Å². The molecule has 2 unspecified atom stereocenters. The summed E-state index contributed by atoms with van der Waals surface area (Å²) in [5.41, 5.74) is 5.79. The van der Waals surface area contributed by atoms with Crippen LogP contribution in [0, 0.1) is 6.92 Å². The third-order valence-electron chi connectivity index (χ3n) is 1.67. The molecule has 0 aliphatic rings. The largest absolute Gasteiger partial charge is 0.479 e. The van der Waals surface area contributed by atoms with Crippen molar-refractivity contribution in [2.24, 2.45) is 0 Å². The molecule has 1 aromatic heterocycles. The summed E-state index contributed by atoms with van der Waals surface area (Å²) in [5, 5.41) is 27.2. The Hall–Kier alpha value is -1.18. The van der Waals surface area contributed by atoms with E-state index in [0.29, 0.717) is 5.69 Å². The number of hydrogen-bond acceptors (Lipinski definition) is 6. The maximum absolute atomic E-state index is 10.4. The second-order valence-corrected chi connectivity index (χ2v) is 3.79. The van der Waals surface area contributed by atoms with Crippen molar-refractivity contribution in [3.8, 4) is 0 Å². The Balaban J connectivity index is 2.94. The summed E-state index contributed by atoms with van der Waals surface area (Å²) in [4.78, 5) is 14.5. The fourth-order valence-electron chi connectivity index (χ4n) is 0.983. The second-order valence-electron chi connectivity index (χ2n) is 2.73. The number of nitrogens with two attached hydrogens (primary N) is 1. The Morgan fingerprint density at radius 1 is 1.57 bits per heavy atom. The van der Waals surface area contributed by atoms with Crippen LogP contribution in [0.5, 0.6) is 0 Å². The number of hydrogen-bond donors (Lipinski definition) is 4. The van der Waals surface area contributed by atoms with Gasteiger partial charge in [-0.1, -0.05) is 11.3 Å². The van der Waals surface area contributed by atoms with Crippen molar-refractivity contribution < 1.29 is 20.1 Å². The molecule has 5 N–H and O–H groups in total. The van der Waals surface area contributed by atoms with Gasteiger partial charge in [0.05, 0.1) is 10.6 Å². The van der Waals surface area contributed by atoms with Crippen LogP contribution in [0.3, 0.4) is 0 Å². The lowest BCUT2D eigenvalue weighted by molar-refractivity contribution is -0.152. The summed E-state index contributed by atoms with van der Waals surface area (Å²) >= 11 is 0.962. The number of thiazole rings is 1. The Morgan fingerprint density at radius 2 is 2.14 bits per heavy atom. The predicted molar refractivity (Wildman–Crippen MR) is 49.9 cm³/mol. The lowest BCUT2D eigenvalue weighted by Crippen LogP contribution is -2.27. The number of anilines is 1. The molecular weight excluding hydrogens is 208 g/mol. The first-order valence-electron chi connectivity index (χ1n) is 3.75. The van der Waals surface area contributed by atoms with Crippen molar-refractivity contribution in [1.82, 2.24) is 4.98 Å². The lowest BCUT2D eigenvalue weighted by atomic mass is 10.1. The summed E-state index contributed by atoms with van der Waals surface area (Å²) in [5.74, 6) is -1.48. The van der Waals surface area contributed by atoms with Crippen LogP contribution in [0.4, 0.5) is 5.13 Å². The van der Waals surface area contributed by atoms with Crippen LogP contribution in [0.2, 0.25) is 0 Å². The van der Waals surface area contributed by atoms with Crippen molar-refractivity contribution in [3.05, 3.63) is 10.6 Å². The average molecular weight is 218 g/mol. The number of aliphatic hydroxyl groups excluding tert-OH is 2. The highest BCUT2D eigenvalue weighted by molar-refractivity contribution is 7.15. The topological polar surface area (TPSA) is 117 Å². The van der Waals surface area contributed by atoms with Gasteiger partial charge in [-0.05, 0) is 6.92 Å². The number of aliphatic hydroxyl groups is 2. The molecule has 0 saturated carbocycles. The van der Waals surface area contributed by atoms with E-state index in [0.717, 1.165) is 11.3 Å². The fourth-order valence-corrected chi connectivity index (χ4v) is 1.83. The minimum atomic E-state index is -1.85. The highest BCUT2D eigenvalue weighted by atomic mass is 32.1. The molecule has 0 aromatic carbocycles. The van der Waals surface area contributed by atoms with E-state index in [1.165, 1.54) is 0 Å². The van der Waals surface area contributed by atoms with E-state index in [1.807, 2.05) is 0 Å². The van der Waals surface area contributed by atoms with Gasteiger partial charge < -0.3 is 21.1 Å². The minimum absolute atomic E-state index is 0.231. The van der Waals surface area contributed by atoms with Crippen LogP contribution < -0.4 is 5.73 Å². The van der Waals surface area contributed by atoms with Gasteiger partial charge in [-0.2, -0.15) is 0 Å². The quantitative estimate of drug-likeness (QED) is 0.544. The molecule has 0 bridgehead atoms. The molecule has 0 spiro atoms. The Morgan fingerprint density at radius 3 is 2.50 bits per heavy atom. The molecule has 0 aliphatic carbocycles. The number of aryl methyl sites for hydroxylation is 1. The van der Waals surface area contributed by atoms with Crippen molar-refractivity contribution in [1.29, 1.82) is 0 Å². The number of rotatable bonds is 3. The molecule has 1 rings (SSSR count). The van der Waals surface area contributed by atoms with Gasteiger partial charge >= 0.3 is 5.97 Å².